The molecule has 0 spiro atoms. The van der Waals surface area contributed by atoms with Crippen molar-refractivity contribution in [1.82, 2.24) is 13.7 Å². The Kier molecular flexibility index (Phi) is 4.35. The Morgan fingerprint density at radius 3 is 2.48 bits per heavy atom. The fraction of sp³-hybridized carbons (Fsp3) is 0.190. The highest BCUT2D eigenvalue weighted by molar-refractivity contribution is 5.87. The van der Waals surface area contributed by atoms with Crippen molar-refractivity contribution in [3.63, 3.8) is 0 Å². The van der Waals surface area contributed by atoms with Gasteiger partial charge < -0.3 is 14.8 Å². The predicted molar refractivity (Wildman–Crippen MR) is 108 cm³/mol. The summed E-state index contributed by atoms with van der Waals surface area (Å²) >= 11 is 0. The first-order valence-corrected chi connectivity index (χ1v) is 8.99. The molecule has 0 fully saturated rings. The zero-order valence-corrected chi connectivity index (χ0v) is 15.9. The number of aliphatic hydroxyl groups excluding tert-OH is 1. The zero-order chi connectivity index (χ0) is 20.9. The lowest BCUT2D eigenvalue weighted by molar-refractivity contribution is -0.152. The van der Waals surface area contributed by atoms with Crippen LogP contribution < -0.4 is 11.2 Å². The van der Waals surface area contributed by atoms with Gasteiger partial charge in [0, 0.05) is 24.1 Å². The third-order valence-corrected chi connectivity index (χ3v) is 5.18. The summed E-state index contributed by atoms with van der Waals surface area (Å²) in [4.78, 5) is 37.0. The summed E-state index contributed by atoms with van der Waals surface area (Å²) in [6.07, 6.45) is -0.359. The number of nitrogens with zero attached hydrogens (tertiary/aromatic N) is 3. The van der Waals surface area contributed by atoms with Crippen LogP contribution in [0.3, 0.4) is 0 Å². The van der Waals surface area contributed by atoms with Gasteiger partial charge in [0.05, 0.1) is 17.4 Å². The highest BCUT2D eigenvalue weighted by atomic mass is 16.4. The molecular formula is C21H19N3O5. The van der Waals surface area contributed by atoms with Crippen LogP contribution in [-0.4, -0.2) is 29.9 Å². The van der Waals surface area contributed by atoms with E-state index in [1.54, 1.807) is 18.2 Å². The number of aromatic nitrogens is 3. The first kappa shape index (κ1) is 18.7. The molecule has 2 aromatic heterocycles. The first-order valence-electron chi connectivity index (χ1n) is 8.99. The molecule has 29 heavy (non-hydrogen) atoms. The predicted octanol–water partition coefficient (Wildman–Crippen LogP) is 1.59. The van der Waals surface area contributed by atoms with Gasteiger partial charge in [-0.3, -0.25) is 9.36 Å². The molecule has 2 heterocycles. The maximum Gasteiger partial charge on any atom is 0.354 e. The van der Waals surface area contributed by atoms with E-state index in [-0.39, 0.29) is 11.9 Å². The molecule has 4 aromatic rings. The summed E-state index contributed by atoms with van der Waals surface area (Å²) in [5, 5.41) is 20.3. The molecule has 8 heteroatoms. The quantitative estimate of drug-likeness (QED) is 0.548. The SMILES string of the molecule is Cc1cccc2c1c(Cn1c(=O)n([C@H](O)C(=O)O)c(=O)c3ccccc31)cn2C. The Labute approximate surface area is 164 Å². The lowest BCUT2D eigenvalue weighted by Gasteiger charge is -2.15. The molecular weight excluding hydrogens is 374 g/mol. The van der Waals surface area contributed by atoms with Crippen molar-refractivity contribution in [2.75, 3.05) is 0 Å². The molecule has 0 aliphatic carbocycles. The van der Waals surface area contributed by atoms with Crippen LogP contribution in [-0.2, 0) is 18.4 Å². The topological polar surface area (TPSA) is 106 Å². The van der Waals surface area contributed by atoms with Crippen molar-refractivity contribution >= 4 is 27.8 Å². The van der Waals surface area contributed by atoms with Gasteiger partial charge in [0.25, 0.3) is 5.56 Å². The minimum Gasteiger partial charge on any atom is -0.478 e. The lowest BCUT2D eigenvalue weighted by Crippen LogP contribution is -2.44. The van der Waals surface area contributed by atoms with Gasteiger partial charge in [-0.25, -0.2) is 14.2 Å². The number of aliphatic carboxylic acids is 1. The molecule has 2 N–H and O–H groups in total. The van der Waals surface area contributed by atoms with Crippen LogP contribution in [0.4, 0.5) is 0 Å². The standard InChI is InChI=1S/C21H19N3O5/c1-12-6-5-9-16-17(12)13(10-22(16)2)11-23-15-8-4-3-7-14(15)18(25)24(21(23)29)19(26)20(27)28/h3-10,19,26H,11H2,1-2H3,(H,27,28)/t19-/m1/s1. The van der Waals surface area contributed by atoms with Crippen LogP contribution in [0.5, 0.6) is 0 Å². The van der Waals surface area contributed by atoms with Gasteiger partial charge in [0.2, 0.25) is 6.23 Å². The number of benzene rings is 2. The summed E-state index contributed by atoms with van der Waals surface area (Å²) in [7, 11) is 1.90. The Balaban J connectivity index is 2.04. The molecule has 0 unspecified atom stereocenters. The summed E-state index contributed by atoms with van der Waals surface area (Å²) in [6.45, 7) is 2.09. The van der Waals surface area contributed by atoms with Crippen molar-refractivity contribution in [1.29, 1.82) is 0 Å². The second-order valence-corrected chi connectivity index (χ2v) is 7.01. The minimum absolute atomic E-state index is 0.119. The van der Waals surface area contributed by atoms with Gasteiger partial charge in [0.1, 0.15) is 0 Å². The van der Waals surface area contributed by atoms with Crippen molar-refractivity contribution in [3.05, 3.63) is 80.6 Å². The molecule has 4 rings (SSSR count). The highest BCUT2D eigenvalue weighted by Gasteiger charge is 2.24. The van der Waals surface area contributed by atoms with Crippen LogP contribution in [0.15, 0.2) is 58.3 Å². The monoisotopic (exact) mass is 393 g/mol. The van der Waals surface area contributed by atoms with Crippen molar-refractivity contribution in [2.24, 2.45) is 7.05 Å². The average Bonchev–Trinajstić information content (AvgIpc) is 3.02. The Bertz CT molecular complexity index is 1390. The van der Waals surface area contributed by atoms with Crippen molar-refractivity contribution in [3.8, 4) is 0 Å². The van der Waals surface area contributed by atoms with E-state index in [0.717, 1.165) is 22.0 Å². The molecule has 0 amide bonds. The van der Waals surface area contributed by atoms with Gasteiger partial charge in [-0.1, -0.05) is 24.3 Å². The minimum atomic E-state index is -2.26. The number of para-hydroxylation sites is 1. The normalized spacial score (nSPS) is 12.5. The largest absolute Gasteiger partial charge is 0.478 e. The molecule has 148 valence electrons. The molecule has 0 saturated heterocycles. The number of carbonyl (C=O) groups is 1. The van der Waals surface area contributed by atoms with Crippen LogP contribution in [0.25, 0.3) is 21.8 Å². The summed E-state index contributed by atoms with van der Waals surface area (Å²) < 4.78 is 3.65. The number of hydrogen-bond donors (Lipinski definition) is 2. The van der Waals surface area contributed by atoms with Crippen molar-refractivity contribution in [2.45, 2.75) is 19.7 Å². The van der Waals surface area contributed by atoms with Crippen LogP contribution in [0, 0.1) is 6.92 Å². The first-order chi connectivity index (χ1) is 13.8. The van der Waals surface area contributed by atoms with Gasteiger partial charge in [-0.05, 0) is 36.2 Å². The van der Waals surface area contributed by atoms with Crippen LogP contribution in [0.1, 0.15) is 17.4 Å². The van der Waals surface area contributed by atoms with E-state index in [1.807, 2.05) is 42.9 Å². The van der Waals surface area contributed by atoms with Gasteiger partial charge in [0.15, 0.2) is 0 Å². The van der Waals surface area contributed by atoms with Gasteiger partial charge in [-0.2, -0.15) is 0 Å². The Morgan fingerprint density at radius 2 is 1.76 bits per heavy atom. The van der Waals surface area contributed by atoms with Gasteiger partial charge >= 0.3 is 11.7 Å². The van der Waals surface area contributed by atoms with E-state index in [9.17, 15) is 19.5 Å². The van der Waals surface area contributed by atoms with E-state index in [1.165, 1.54) is 10.6 Å². The van der Waals surface area contributed by atoms with E-state index in [2.05, 4.69) is 0 Å². The smallest absolute Gasteiger partial charge is 0.354 e. The Morgan fingerprint density at radius 1 is 1.07 bits per heavy atom. The summed E-state index contributed by atoms with van der Waals surface area (Å²) in [6, 6.07) is 12.4. The van der Waals surface area contributed by atoms with Crippen molar-refractivity contribution < 1.29 is 15.0 Å². The third kappa shape index (κ3) is 2.85. The number of aliphatic hydroxyl groups is 1. The highest BCUT2D eigenvalue weighted by Crippen LogP contribution is 2.25. The number of carboxylic acid groups (broad SMARTS) is 1. The molecule has 0 aliphatic rings. The summed E-state index contributed by atoms with van der Waals surface area (Å²) in [5.74, 6) is -1.67. The third-order valence-electron chi connectivity index (χ3n) is 5.18. The maximum absolute atomic E-state index is 13.1. The molecule has 0 radical (unpaired) electrons. The number of aryl methyl sites for hydroxylation is 2. The fourth-order valence-corrected chi connectivity index (χ4v) is 3.84. The van der Waals surface area contributed by atoms with E-state index >= 15 is 0 Å². The summed E-state index contributed by atoms with van der Waals surface area (Å²) in [5.41, 5.74) is 1.54. The average molecular weight is 393 g/mol. The van der Waals surface area contributed by atoms with E-state index in [0.29, 0.717) is 10.1 Å². The van der Waals surface area contributed by atoms with Crippen LogP contribution in [0.2, 0.25) is 0 Å². The second kappa shape index (κ2) is 6.75. The number of rotatable bonds is 4. The second-order valence-electron chi connectivity index (χ2n) is 7.01. The molecule has 0 bridgehead atoms. The number of hydrogen-bond acceptors (Lipinski definition) is 4. The fourth-order valence-electron chi connectivity index (χ4n) is 3.84. The van der Waals surface area contributed by atoms with Gasteiger partial charge in [-0.15, -0.1) is 0 Å². The molecule has 8 nitrogen and oxygen atoms in total. The van der Waals surface area contributed by atoms with Crippen LogP contribution >= 0.6 is 0 Å². The number of fused-ring (bicyclic) bond motifs is 2. The zero-order valence-electron chi connectivity index (χ0n) is 15.9. The van der Waals surface area contributed by atoms with E-state index < -0.39 is 23.4 Å². The maximum atomic E-state index is 13.1. The molecule has 2 aromatic carbocycles. The van der Waals surface area contributed by atoms with E-state index in [4.69, 9.17) is 5.11 Å². The Hall–Kier alpha value is -3.65. The molecule has 0 aliphatic heterocycles. The number of carboxylic acids is 1. The lowest BCUT2D eigenvalue weighted by atomic mass is 10.1. The molecule has 1 atom stereocenters. The molecule has 0 saturated carbocycles.